The number of anilines is 1. The summed E-state index contributed by atoms with van der Waals surface area (Å²) in [7, 11) is 1.64. The van der Waals surface area contributed by atoms with Gasteiger partial charge in [0, 0.05) is 37.4 Å². The highest BCUT2D eigenvalue weighted by molar-refractivity contribution is 6.01. The summed E-state index contributed by atoms with van der Waals surface area (Å²) >= 11 is 0. The standard InChI is InChI=1S/C19H19N3O3/c1-24-18-4-2-17(3-5-18)21-7-9-22(10-8-21)19(23)16(13-20)12-15-6-11-25-14-15/h2-6,11-12,14H,7-10H2,1H3/b16-12-. The predicted molar refractivity (Wildman–Crippen MR) is 94.1 cm³/mol. The smallest absolute Gasteiger partial charge is 0.264 e. The molecule has 3 rings (SSSR count). The number of hydrogen-bond donors (Lipinski definition) is 0. The first kappa shape index (κ1) is 16.7. The summed E-state index contributed by atoms with van der Waals surface area (Å²) < 4.78 is 10.1. The molecule has 0 bridgehead atoms. The molecule has 0 aliphatic carbocycles. The number of benzene rings is 1. The Balaban J connectivity index is 1.63. The molecule has 25 heavy (non-hydrogen) atoms. The maximum atomic E-state index is 12.6. The van der Waals surface area contributed by atoms with Crippen LogP contribution in [-0.4, -0.2) is 44.1 Å². The van der Waals surface area contributed by atoms with Crippen LogP contribution in [0.2, 0.25) is 0 Å². The molecule has 2 aromatic rings. The quantitative estimate of drug-likeness (QED) is 0.633. The number of ether oxygens (including phenoxy) is 1. The summed E-state index contributed by atoms with van der Waals surface area (Å²) in [6.07, 6.45) is 4.58. The van der Waals surface area contributed by atoms with Crippen molar-refractivity contribution < 1.29 is 13.9 Å². The van der Waals surface area contributed by atoms with Crippen molar-refractivity contribution in [1.29, 1.82) is 5.26 Å². The van der Waals surface area contributed by atoms with Crippen molar-refractivity contribution in [3.63, 3.8) is 0 Å². The van der Waals surface area contributed by atoms with E-state index in [-0.39, 0.29) is 11.5 Å². The zero-order valence-corrected chi connectivity index (χ0v) is 14.0. The molecule has 1 aromatic carbocycles. The Kier molecular flexibility index (Phi) is 5.05. The largest absolute Gasteiger partial charge is 0.497 e. The maximum absolute atomic E-state index is 12.6. The highest BCUT2D eigenvalue weighted by atomic mass is 16.5. The number of nitrogens with zero attached hydrogens (tertiary/aromatic N) is 3. The molecule has 0 N–H and O–H groups in total. The minimum absolute atomic E-state index is 0.124. The molecular formula is C19H19N3O3. The molecule has 2 heterocycles. The van der Waals surface area contributed by atoms with Crippen LogP contribution in [0.1, 0.15) is 5.56 Å². The summed E-state index contributed by atoms with van der Waals surface area (Å²) in [5.74, 6) is 0.582. The Labute approximate surface area is 146 Å². The van der Waals surface area contributed by atoms with Crippen LogP contribution in [0.15, 0.2) is 52.8 Å². The van der Waals surface area contributed by atoms with Crippen LogP contribution in [0, 0.1) is 11.3 Å². The second-order valence-electron chi connectivity index (χ2n) is 5.70. The number of amides is 1. The first-order chi connectivity index (χ1) is 12.2. The number of hydrogen-bond acceptors (Lipinski definition) is 5. The van der Waals surface area contributed by atoms with E-state index in [0.29, 0.717) is 18.7 Å². The van der Waals surface area contributed by atoms with Gasteiger partial charge in [0.05, 0.1) is 19.6 Å². The van der Waals surface area contributed by atoms with E-state index >= 15 is 0 Å². The summed E-state index contributed by atoms with van der Waals surface area (Å²) in [6, 6.07) is 11.6. The summed E-state index contributed by atoms with van der Waals surface area (Å²) in [4.78, 5) is 16.5. The fourth-order valence-electron chi connectivity index (χ4n) is 2.80. The zero-order valence-electron chi connectivity index (χ0n) is 14.0. The third kappa shape index (κ3) is 3.83. The highest BCUT2D eigenvalue weighted by Crippen LogP contribution is 2.21. The van der Waals surface area contributed by atoms with Gasteiger partial charge >= 0.3 is 0 Å². The molecule has 1 amide bonds. The van der Waals surface area contributed by atoms with E-state index in [4.69, 9.17) is 9.15 Å². The summed E-state index contributed by atoms with van der Waals surface area (Å²) in [5, 5.41) is 9.29. The molecule has 1 aliphatic rings. The minimum atomic E-state index is -0.238. The lowest BCUT2D eigenvalue weighted by Gasteiger charge is -2.36. The fraction of sp³-hybridized carbons (Fsp3) is 0.263. The van der Waals surface area contributed by atoms with E-state index in [9.17, 15) is 10.1 Å². The van der Waals surface area contributed by atoms with Gasteiger partial charge in [-0.3, -0.25) is 4.79 Å². The van der Waals surface area contributed by atoms with Crippen molar-refractivity contribution in [2.75, 3.05) is 38.2 Å². The number of rotatable bonds is 4. The van der Waals surface area contributed by atoms with E-state index in [1.54, 1.807) is 24.2 Å². The molecule has 6 heteroatoms. The van der Waals surface area contributed by atoms with Gasteiger partial charge in [0.15, 0.2) is 0 Å². The van der Waals surface area contributed by atoms with E-state index in [1.807, 2.05) is 30.3 Å². The number of furan rings is 1. The fourth-order valence-corrected chi connectivity index (χ4v) is 2.80. The number of methoxy groups -OCH3 is 1. The second kappa shape index (κ2) is 7.58. The molecule has 1 fully saturated rings. The molecule has 1 saturated heterocycles. The zero-order chi connectivity index (χ0) is 17.6. The Morgan fingerprint density at radius 2 is 1.92 bits per heavy atom. The van der Waals surface area contributed by atoms with Crippen molar-refractivity contribution in [2.45, 2.75) is 0 Å². The van der Waals surface area contributed by atoms with E-state index in [0.717, 1.165) is 24.5 Å². The first-order valence-corrected chi connectivity index (χ1v) is 8.03. The van der Waals surface area contributed by atoms with Gasteiger partial charge in [-0.25, -0.2) is 0 Å². The Morgan fingerprint density at radius 1 is 1.20 bits per heavy atom. The van der Waals surface area contributed by atoms with Crippen molar-refractivity contribution in [1.82, 2.24) is 4.90 Å². The first-order valence-electron chi connectivity index (χ1n) is 8.03. The number of carbonyl (C=O) groups excluding carboxylic acids is 1. The van der Waals surface area contributed by atoms with E-state index < -0.39 is 0 Å². The van der Waals surface area contributed by atoms with Crippen LogP contribution in [0.5, 0.6) is 5.75 Å². The van der Waals surface area contributed by atoms with Crippen LogP contribution < -0.4 is 9.64 Å². The normalized spacial score (nSPS) is 15.0. The molecule has 0 unspecified atom stereocenters. The predicted octanol–water partition coefficient (Wildman–Crippen LogP) is 2.54. The molecule has 0 saturated carbocycles. The van der Waals surface area contributed by atoms with E-state index in [1.165, 1.54) is 12.5 Å². The second-order valence-corrected chi connectivity index (χ2v) is 5.70. The van der Waals surface area contributed by atoms with E-state index in [2.05, 4.69) is 4.90 Å². The van der Waals surface area contributed by atoms with Crippen LogP contribution in [0.3, 0.4) is 0 Å². The van der Waals surface area contributed by atoms with Crippen molar-refractivity contribution in [3.8, 4) is 11.8 Å². The average molecular weight is 337 g/mol. The number of nitriles is 1. The number of carbonyl (C=O) groups is 1. The Hall–Kier alpha value is -3.20. The highest BCUT2D eigenvalue weighted by Gasteiger charge is 2.24. The van der Waals surface area contributed by atoms with Gasteiger partial charge in [0.25, 0.3) is 5.91 Å². The van der Waals surface area contributed by atoms with Gasteiger partial charge in [0.1, 0.15) is 17.4 Å². The van der Waals surface area contributed by atoms with Gasteiger partial charge < -0.3 is 19.0 Å². The Morgan fingerprint density at radius 3 is 2.48 bits per heavy atom. The molecule has 1 aromatic heterocycles. The van der Waals surface area contributed by atoms with Crippen LogP contribution in [0.4, 0.5) is 5.69 Å². The lowest BCUT2D eigenvalue weighted by Crippen LogP contribution is -2.49. The van der Waals surface area contributed by atoms with Crippen molar-refractivity contribution >= 4 is 17.7 Å². The summed E-state index contributed by atoms with van der Waals surface area (Å²) in [5.41, 5.74) is 1.93. The molecule has 0 spiro atoms. The minimum Gasteiger partial charge on any atom is -0.497 e. The Bertz CT molecular complexity index is 780. The lowest BCUT2D eigenvalue weighted by atomic mass is 10.1. The average Bonchev–Trinajstić information content (AvgIpc) is 3.19. The number of piperazine rings is 1. The van der Waals surface area contributed by atoms with Crippen molar-refractivity contribution in [3.05, 3.63) is 54.0 Å². The monoisotopic (exact) mass is 337 g/mol. The molecule has 0 radical (unpaired) electrons. The maximum Gasteiger partial charge on any atom is 0.264 e. The lowest BCUT2D eigenvalue weighted by molar-refractivity contribution is -0.126. The SMILES string of the molecule is COc1ccc(N2CCN(C(=O)/C(C#N)=C\c3ccoc3)CC2)cc1. The van der Waals surface area contributed by atoms with Gasteiger partial charge in [-0.2, -0.15) is 5.26 Å². The summed E-state index contributed by atoms with van der Waals surface area (Å²) in [6.45, 7) is 2.61. The molecule has 6 nitrogen and oxygen atoms in total. The van der Waals surface area contributed by atoms with Gasteiger partial charge in [-0.15, -0.1) is 0 Å². The van der Waals surface area contributed by atoms with Crippen LogP contribution in [0.25, 0.3) is 6.08 Å². The third-order valence-corrected chi connectivity index (χ3v) is 4.21. The van der Waals surface area contributed by atoms with Gasteiger partial charge in [-0.05, 0) is 36.4 Å². The molecule has 1 aliphatic heterocycles. The van der Waals surface area contributed by atoms with Crippen molar-refractivity contribution in [2.24, 2.45) is 0 Å². The van der Waals surface area contributed by atoms with Gasteiger partial charge in [0.2, 0.25) is 0 Å². The third-order valence-electron chi connectivity index (χ3n) is 4.21. The van der Waals surface area contributed by atoms with Gasteiger partial charge in [-0.1, -0.05) is 0 Å². The van der Waals surface area contributed by atoms with Crippen LogP contribution >= 0.6 is 0 Å². The molecule has 128 valence electrons. The topological polar surface area (TPSA) is 69.7 Å². The molecular weight excluding hydrogens is 318 g/mol. The molecule has 0 atom stereocenters. The van der Waals surface area contributed by atoms with Crippen LogP contribution in [-0.2, 0) is 4.79 Å².